The van der Waals surface area contributed by atoms with Crippen molar-refractivity contribution in [3.63, 3.8) is 0 Å². The van der Waals surface area contributed by atoms with Crippen molar-refractivity contribution in [2.75, 3.05) is 24.5 Å². The van der Waals surface area contributed by atoms with Gasteiger partial charge in [0.15, 0.2) is 0 Å². The molecule has 1 aliphatic rings. The van der Waals surface area contributed by atoms with Crippen molar-refractivity contribution in [1.82, 2.24) is 0 Å². The maximum Gasteiger partial charge on any atom is 0.310 e. The predicted molar refractivity (Wildman–Crippen MR) is 71.8 cm³/mol. The largest absolute Gasteiger partial charge is 0.366 e. The summed E-state index contributed by atoms with van der Waals surface area (Å²) in [7, 11) is 0. The number of nitrogens with two attached hydrogens (primary N) is 1. The first-order valence-corrected chi connectivity index (χ1v) is 6.30. The Balaban J connectivity index is 2.39. The fourth-order valence-electron chi connectivity index (χ4n) is 2.54. The van der Waals surface area contributed by atoms with Crippen LogP contribution in [0, 0.1) is 27.4 Å². The van der Waals surface area contributed by atoms with E-state index in [1.54, 1.807) is 12.1 Å². The Labute approximate surface area is 111 Å². The minimum atomic E-state index is -0.472. The predicted octanol–water partition coefficient (Wildman–Crippen LogP) is 1.64. The van der Waals surface area contributed by atoms with Gasteiger partial charge in [-0.15, -0.1) is 0 Å². The quantitative estimate of drug-likeness (QED) is 0.658. The Morgan fingerprint density at radius 2 is 2.37 bits per heavy atom. The van der Waals surface area contributed by atoms with E-state index < -0.39 is 4.92 Å². The maximum absolute atomic E-state index is 11.2. The Bertz CT molecular complexity index is 524. The van der Waals surface area contributed by atoms with E-state index in [9.17, 15) is 10.1 Å². The second-order valence-electron chi connectivity index (χ2n) is 4.73. The smallest absolute Gasteiger partial charge is 0.310 e. The van der Waals surface area contributed by atoms with Gasteiger partial charge in [-0.3, -0.25) is 10.1 Å². The Kier molecular flexibility index (Phi) is 3.97. The molecule has 2 rings (SSSR count). The molecule has 1 fully saturated rings. The molecule has 6 heteroatoms. The molecule has 100 valence electrons. The SMILES string of the molecule is N#Cc1cccc(N2CCCC(CN)C2)c1[N+](=O)[O-]. The molecule has 1 atom stereocenters. The number of para-hydroxylation sites is 1. The zero-order chi connectivity index (χ0) is 13.8. The van der Waals surface area contributed by atoms with E-state index in [1.165, 1.54) is 6.07 Å². The van der Waals surface area contributed by atoms with Crippen LogP contribution in [0.5, 0.6) is 0 Å². The molecule has 0 aromatic heterocycles. The van der Waals surface area contributed by atoms with Gasteiger partial charge < -0.3 is 10.6 Å². The molecule has 1 aromatic rings. The van der Waals surface area contributed by atoms with Crippen molar-refractivity contribution < 1.29 is 4.92 Å². The molecule has 0 saturated carbocycles. The molecule has 1 heterocycles. The lowest BCUT2D eigenvalue weighted by Gasteiger charge is -2.33. The van der Waals surface area contributed by atoms with E-state index in [2.05, 4.69) is 0 Å². The van der Waals surface area contributed by atoms with E-state index in [4.69, 9.17) is 11.0 Å². The molecular weight excluding hydrogens is 244 g/mol. The fraction of sp³-hybridized carbons (Fsp3) is 0.462. The van der Waals surface area contributed by atoms with Gasteiger partial charge in [0.05, 0.1) is 4.92 Å². The zero-order valence-corrected chi connectivity index (χ0v) is 10.6. The van der Waals surface area contributed by atoms with Crippen molar-refractivity contribution in [2.45, 2.75) is 12.8 Å². The molecule has 1 unspecified atom stereocenters. The summed E-state index contributed by atoms with van der Waals surface area (Å²) in [4.78, 5) is 12.7. The van der Waals surface area contributed by atoms with Gasteiger partial charge in [-0.2, -0.15) is 5.26 Å². The highest BCUT2D eigenvalue weighted by Crippen LogP contribution is 2.33. The van der Waals surface area contributed by atoms with Crippen molar-refractivity contribution in [2.24, 2.45) is 11.7 Å². The van der Waals surface area contributed by atoms with Crippen LogP contribution in [-0.4, -0.2) is 24.6 Å². The number of hydrogen-bond donors (Lipinski definition) is 1. The maximum atomic E-state index is 11.2. The minimum absolute atomic E-state index is 0.0947. The van der Waals surface area contributed by atoms with Crippen LogP contribution >= 0.6 is 0 Å². The van der Waals surface area contributed by atoms with Crippen molar-refractivity contribution >= 4 is 11.4 Å². The van der Waals surface area contributed by atoms with Gasteiger partial charge in [-0.25, -0.2) is 0 Å². The molecule has 0 spiro atoms. The van der Waals surface area contributed by atoms with Crippen molar-refractivity contribution in [3.05, 3.63) is 33.9 Å². The van der Waals surface area contributed by atoms with Gasteiger partial charge in [-0.1, -0.05) is 6.07 Å². The van der Waals surface area contributed by atoms with Crippen LogP contribution in [-0.2, 0) is 0 Å². The fourth-order valence-corrected chi connectivity index (χ4v) is 2.54. The number of benzene rings is 1. The molecule has 1 saturated heterocycles. The summed E-state index contributed by atoms with van der Waals surface area (Å²) >= 11 is 0. The molecule has 0 radical (unpaired) electrons. The first-order chi connectivity index (χ1) is 9.17. The monoisotopic (exact) mass is 260 g/mol. The van der Waals surface area contributed by atoms with Gasteiger partial charge in [-0.05, 0) is 37.4 Å². The molecule has 19 heavy (non-hydrogen) atoms. The number of nitrogens with zero attached hydrogens (tertiary/aromatic N) is 3. The van der Waals surface area contributed by atoms with Crippen LogP contribution in [0.3, 0.4) is 0 Å². The normalized spacial score (nSPS) is 18.9. The summed E-state index contributed by atoms with van der Waals surface area (Å²) in [5.74, 6) is 0.360. The standard InChI is InChI=1S/C13H16N4O2/c14-7-10-3-2-6-16(9-10)12-5-1-4-11(8-15)13(12)17(18)19/h1,4-5,10H,2-3,6-7,9,14H2. The summed E-state index contributed by atoms with van der Waals surface area (Å²) in [5.41, 5.74) is 6.23. The van der Waals surface area contributed by atoms with Crippen LogP contribution in [0.1, 0.15) is 18.4 Å². The molecular formula is C13H16N4O2. The lowest BCUT2D eigenvalue weighted by Crippen LogP contribution is -2.38. The molecule has 2 N–H and O–H groups in total. The minimum Gasteiger partial charge on any atom is -0.366 e. The average molecular weight is 260 g/mol. The van der Waals surface area contributed by atoms with Crippen molar-refractivity contribution in [3.8, 4) is 6.07 Å². The Morgan fingerprint density at radius 1 is 1.58 bits per heavy atom. The lowest BCUT2D eigenvalue weighted by molar-refractivity contribution is -0.384. The van der Waals surface area contributed by atoms with Crippen LogP contribution in [0.25, 0.3) is 0 Å². The molecule has 1 aliphatic heterocycles. The van der Waals surface area contributed by atoms with E-state index in [0.717, 1.165) is 19.4 Å². The van der Waals surface area contributed by atoms with Crippen molar-refractivity contribution in [1.29, 1.82) is 5.26 Å². The second kappa shape index (κ2) is 5.67. The number of anilines is 1. The first kappa shape index (κ1) is 13.3. The number of hydrogen-bond acceptors (Lipinski definition) is 5. The summed E-state index contributed by atoms with van der Waals surface area (Å²) in [6.45, 7) is 2.07. The molecule has 6 nitrogen and oxygen atoms in total. The topological polar surface area (TPSA) is 96.2 Å². The Morgan fingerprint density at radius 3 is 3.00 bits per heavy atom. The third-order valence-corrected chi connectivity index (χ3v) is 3.51. The Hall–Kier alpha value is -2.13. The lowest BCUT2D eigenvalue weighted by atomic mass is 9.97. The highest BCUT2D eigenvalue weighted by atomic mass is 16.6. The van der Waals surface area contributed by atoms with E-state index in [-0.39, 0.29) is 11.3 Å². The average Bonchev–Trinajstić information content (AvgIpc) is 2.46. The highest BCUT2D eigenvalue weighted by molar-refractivity contribution is 5.70. The molecule has 0 aliphatic carbocycles. The van der Waals surface area contributed by atoms with E-state index in [0.29, 0.717) is 24.7 Å². The zero-order valence-electron chi connectivity index (χ0n) is 10.6. The number of nitro benzene ring substituents is 1. The number of piperidine rings is 1. The van der Waals surface area contributed by atoms with Gasteiger partial charge in [0.1, 0.15) is 17.3 Å². The molecule has 0 amide bonds. The van der Waals surface area contributed by atoms with Crippen LogP contribution < -0.4 is 10.6 Å². The molecule has 1 aromatic carbocycles. The summed E-state index contributed by atoms with van der Waals surface area (Å²) in [5, 5.41) is 20.2. The summed E-state index contributed by atoms with van der Waals surface area (Å²) < 4.78 is 0. The van der Waals surface area contributed by atoms with E-state index >= 15 is 0 Å². The van der Waals surface area contributed by atoms with Crippen LogP contribution in [0.4, 0.5) is 11.4 Å². The first-order valence-electron chi connectivity index (χ1n) is 6.30. The third kappa shape index (κ3) is 2.66. The van der Waals surface area contributed by atoms with Gasteiger partial charge in [0.25, 0.3) is 0 Å². The van der Waals surface area contributed by atoms with Gasteiger partial charge in [0.2, 0.25) is 0 Å². The van der Waals surface area contributed by atoms with E-state index in [1.807, 2.05) is 11.0 Å². The van der Waals surface area contributed by atoms with Gasteiger partial charge in [0, 0.05) is 13.1 Å². The summed E-state index contributed by atoms with van der Waals surface area (Å²) in [6.07, 6.45) is 2.02. The summed E-state index contributed by atoms with van der Waals surface area (Å²) in [6, 6.07) is 6.76. The number of nitro groups is 1. The highest BCUT2D eigenvalue weighted by Gasteiger charge is 2.27. The third-order valence-electron chi connectivity index (χ3n) is 3.51. The number of rotatable bonds is 3. The van der Waals surface area contributed by atoms with Gasteiger partial charge >= 0.3 is 5.69 Å². The molecule has 0 bridgehead atoms. The second-order valence-corrected chi connectivity index (χ2v) is 4.73. The number of nitriles is 1. The van der Waals surface area contributed by atoms with Crippen LogP contribution in [0.15, 0.2) is 18.2 Å². The van der Waals surface area contributed by atoms with Crippen LogP contribution in [0.2, 0.25) is 0 Å².